The maximum absolute atomic E-state index is 12.7. The first-order valence-corrected chi connectivity index (χ1v) is 8.78. The van der Waals surface area contributed by atoms with Gasteiger partial charge in [-0.2, -0.15) is 0 Å². The van der Waals surface area contributed by atoms with Gasteiger partial charge in [-0.1, -0.05) is 6.92 Å². The normalized spacial score (nSPS) is 34.7. The van der Waals surface area contributed by atoms with Crippen LogP contribution in [-0.4, -0.2) is 60.0 Å². The van der Waals surface area contributed by atoms with Gasteiger partial charge in [-0.3, -0.25) is 14.5 Å². The molecule has 3 saturated heterocycles. The minimum Gasteiger partial charge on any atom is -0.461 e. The van der Waals surface area contributed by atoms with Gasteiger partial charge in [0.2, 0.25) is 5.91 Å². The van der Waals surface area contributed by atoms with Crippen LogP contribution in [0.2, 0.25) is 0 Å². The first-order chi connectivity index (χ1) is 10.5. The lowest BCUT2D eigenvalue weighted by atomic mass is 9.92. The Kier molecular flexibility index (Phi) is 4.71. The molecule has 0 radical (unpaired) electrons. The van der Waals surface area contributed by atoms with Crippen LogP contribution >= 0.6 is 0 Å². The maximum atomic E-state index is 12.7. The molecule has 0 N–H and O–H groups in total. The van der Waals surface area contributed by atoms with Gasteiger partial charge >= 0.3 is 5.97 Å². The highest BCUT2D eigenvalue weighted by Gasteiger charge is 2.40. The number of amides is 1. The average molecular weight is 308 g/mol. The van der Waals surface area contributed by atoms with Gasteiger partial charge in [0.05, 0.1) is 5.92 Å². The average Bonchev–Trinajstić information content (AvgIpc) is 2.86. The fourth-order valence-corrected chi connectivity index (χ4v) is 4.01. The number of carbonyl (C=O) groups is 2. The highest BCUT2D eigenvalue weighted by molar-refractivity contribution is 5.80. The third-order valence-electron chi connectivity index (χ3n) is 5.48. The van der Waals surface area contributed by atoms with E-state index in [4.69, 9.17) is 4.74 Å². The number of ether oxygens (including phenoxy) is 1. The van der Waals surface area contributed by atoms with E-state index < -0.39 is 0 Å². The van der Waals surface area contributed by atoms with E-state index in [9.17, 15) is 9.59 Å². The van der Waals surface area contributed by atoms with Crippen molar-refractivity contribution in [2.24, 2.45) is 11.8 Å². The van der Waals surface area contributed by atoms with Crippen molar-refractivity contribution in [1.82, 2.24) is 9.80 Å². The monoisotopic (exact) mass is 308 g/mol. The second-order valence-corrected chi connectivity index (χ2v) is 7.34. The van der Waals surface area contributed by atoms with Crippen LogP contribution < -0.4 is 0 Å². The van der Waals surface area contributed by atoms with E-state index >= 15 is 0 Å². The van der Waals surface area contributed by atoms with Crippen LogP contribution in [-0.2, 0) is 14.3 Å². The summed E-state index contributed by atoms with van der Waals surface area (Å²) in [5.41, 5.74) is 0. The Labute approximate surface area is 133 Å². The highest BCUT2D eigenvalue weighted by atomic mass is 16.6. The Hall–Kier alpha value is -1.10. The predicted octanol–water partition coefficient (Wildman–Crippen LogP) is 1.66. The van der Waals surface area contributed by atoms with E-state index in [-0.39, 0.29) is 24.0 Å². The molecule has 0 saturated carbocycles. The van der Waals surface area contributed by atoms with Crippen molar-refractivity contribution in [3.8, 4) is 0 Å². The molecule has 22 heavy (non-hydrogen) atoms. The van der Waals surface area contributed by atoms with Gasteiger partial charge < -0.3 is 9.64 Å². The summed E-state index contributed by atoms with van der Waals surface area (Å²) in [6.07, 6.45) is 4.97. The second-order valence-electron chi connectivity index (χ2n) is 7.34. The molecule has 0 aromatic carbocycles. The van der Waals surface area contributed by atoms with Gasteiger partial charge in [0.1, 0.15) is 12.1 Å². The molecule has 0 aliphatic carbocycles. The van der Waals surface area contributed by atoms with Crippen molar-refractivity contribution >= 4 is 11.9 Å². The summed E-state index contributed by atoms with van der Waals surface area (Å²) < 4.78 is 5.27. The first-order valence-electron chi connectivity index (χ1n) is 8.78. The van der Waals surface area contributed by atoms with E-state index in [1.807, 2.05) is 11.8 Å². The summed E-state index contributed by atoms with van der Waals surface area (Å²) in [5.74, 6) is 0.996. The smallest absolute Gasteiger partial charge is 0.323 e. The number of rotatable bonds is 2. The maximum Gasteiger partial charge on any atom is 0.323 e. The fourth-order valence-electron chi connectivity index (χ4n) is 4.01. The molecule has 0 spiro atoms. The number of cyclic esters (lactones) is 1. The van der Waals surface area contributed by atoms with Gasteiger partial charge in [0, 0.05) is 26.1 Å². The zero-order chi connectivity index (χ0) is 15.7. The predicted molar refractivity (Wildman–Crippen MR) is 83.2 cm³/mol. The highest BCUT2D eigenvalue weighted by Crippen LogP contribution is 2.27. The number of carbonyl (C=O) groups excluding carboxylic acids is 2. The van der Waals surface area contributed by atoms with Crippen LogP contribution in [0, 0.1) is 11.8 Å². The molecule has 3 rings (SSSR count). The van der Waals surface area contributed by atoms with Gasteiger partial charge in [0.25, 0.3) is 0 Å². The molecule has 3 fully saturated rings. The molecule has 0 unspecified atom stereocenters. The van der Waals surface area contributed by atoms with Crippen molar-refractivity contribution in [3.63, 3.8) is 0 Å². The molecule has 3 aliphatic heterocycles. The molecule has 1 amide bonds. The van der Waals surface area contributed by atoms with Crippen molar-refractivity contribution in [2.45, 2.75) is 58.1 Å². The van der Waals surface area contributed by atoms with Gasteiger partial charge in [-0.15, -0.1) is 0 Å². The van der Waals surface area contributed by atoms with E-state index in [1.165, 1.54) is 0 Å². The van der Waals surface area contributed by atoms with Crippen LogP contribution in [0.1, 0.15) is 46.0 Å². The van der Waals surface area contributed by atoms with Crippen LogP contribution in [0.4, 0.5) is 0 Å². The van der Waals surface area contributed by atoms with E-state index in [1.54, 1.807) is 0 Å². The summed E-state index contributed by atoms with van der Waals surface area (Å²) in [5, 5.41) is 0. The number of likely N-dealkylation sites (tertiary alicyclic amines) is 2. The number of piperidine rings is 2. The Morgan fingerprint density at radius 1 is 1.14 bits per heavy atom. The van der Waals surface area contributed by atoms with Crippen molar-refractivity contribution in [1.29, 1.82) is 0 Å². The van der Waals surface area contributed by atoms with Gasteiger partial charge in [0.15, 0.2) is 0 Å². The number of hydrogen-bond donors (Lipinski definition) is 0. The molecule has 5 heteroatoms. The topological polar surface area (TPSA) is 49.9 Å². The molecule has 0 bridgehead atoms. The molecule has 0 aromatic heterocycles. The van der Waals surface area contributed by atoms with E-state index in [0.29, 0.717) is 5.91 Å². The molecule has 3 heterocycles. The lowest BCUT2D eigenvalue weighted by Gasteiger charge is -2.38. The Morgan fingerprint density at radius 2 is 1.86 bits per heavy atom. The third-order valence-corrected chi connectivity index (χ3v) is 5.48. The van der Waals surface area contributed by atoms with E-state index in [0.717, 1.165) is 64.2 Å². The Morgan fingerprint density at radius 3 is 2.50 bits per heavy atom. The van der Waals surface area contributed by atoms with Crippen molar-refractivity contribution in [3.05, 3.63) is 0 Å². The minimum atomic E-state index is -0.132. The minimum absolute atomic E-state index is 0.0113. The number of esters is 1. The molecule has 124 valence electrons. The standard InChI is InChI=1S/C17H28N2O3/c1-12-5-8-18(9-6-12)16(20)14-4-3-7-19(11-14)15-10-13(2)22-17(15)21/h12-15H,3-11H2,1-2H3/t13-,14+,15-/m0/s1. The summed E-state index contributed by atoms with van der Waals surface area (Å²) in [6.45, 7) is 7.64. The molecule has 5 nitrogen and oxygen atoms in total. The molecule has 3 aliphatic rings. The SMILES string of the molecule is CC1CCN(C(=O)[C@@H]2CCCN([C@H]3C[C@H](C)OC3=O)C2)CC1. The van der Waals surface area contributed by atoms with Gasteiger partial charge in [-0.05, 0) is 45.1 Å². The van der Waals surface area contributed by atoms with Crippen LogP contribution in [0.5, 0.6) is 0 Å². The number of hydrogen-bond acceptors (Lipinski definition) is 4. The zero-order valence-corrected chi connectivity index (χ0v) is 13.8. The lowest BCUT2D eigenvalue weighted by molar-refractivity contribution is -0.147. The summed E-state index contributed by atoms with van der Waals surface area (Å²) in [7, 11) is 0. The van der Waals surface area contributed by atoms with E-state index in [2.05, 4.69) is 11.8 Å². The zero-order valence-electron chi connectivity index (χ0n) is 13.8. The van der Waals surface area contributed by atoms with Crippen molar-refractivity contribution < 1.29 is 14.3 Å². The lowest BCUT2D eigenvalue weighted by Crippen LogP contribution is -2.50. The molecule has 0 aromatic rings. The third kappa shape index (κ3) is 3.29. The van der Waals surface area contributed by atoms with Crippen LogP contribution in [0.3, 0.4) is 0 Å². The van der Waals surface area contributed by atoms with Crippen molar-refractivity contribution in [2.75, 3.05) is 26.2 Å². The van der Waals surface area contributed by atoms with Crippen LogP contribution in [0.15, 0.2) is 0 Å². The quantitative estimate of drug-likeness (QED) is 0.728. The van der Waals surface area contributed by atoms with Crippen LogP contribution in [0.25, 0.3) is 0 Å². The number of nitrogens with zero attached hydrogens (tertiary/aromatic N) is 2. The van der Waals surface area contributed by atoms with Gasteiger partial charge in [-0.25, -0.2) is 0 Å². The summed E-state index contributed by atoms with van der Waals surface area (Å²) in [4.78, 5) is 28.9. The fraction of sp³-hybridized carbons (Fsp3) is 0.882. The Balaban J connectivity index is 1.58. The Bertz CT molecular complexity index is 432. The first kappa shape index (κ1) is 15.8. The largest absolute Gasteiger partial charge is 0.461 e. The molecular formula is C17H28N2O3. The molecule has 3 atom stereocenters. The summed E-state index contributed by atoms with van der Waals surface area (Å²) in [6, 6.07) is -0.132. The molecular weight excluding hydrogens is 280 g/mol. The second kappa shape index (κ2) is 6.57. The summed E-state index contributed by atoms with van der Waals surface area (Å²) >= 11 is 0.